The molecule has 0 heterocycles. The number of rotatable bonds is 6. The summed E-state index contributed by atoms with van der Waals surface area (Å²) in [6.45, 7) is 0. The van der Waals surface area contributed by atoms with Gasteiger partial charge in [0.2, 0.25) is 5.76 Å². The minimum atomic E-state index is -0.791. The second kappa shape index (κ2) is 7.84. The second-order valence-electron chi connectivity index (χ2n) is 3.56. The number of carbonyl (C=O) groups is 2. The van der Waals surface area contributed by atoms with Gasteiger partial charge in [-0.1, -0.05) is 11.6 Å². The molecule has 1 rings (SSSR count). The minimum Gasteiger partial charge on any atom is -0.500 e. The first-order valence-electron chi connectivity index (χ1n) is 5.54. The fraction of sp³-hybridized carbons (Fsp3) is 0.154. The van der Waals surface area contributed by atoms with E-state index in [2.05, 4.69) is 9.53 Å². The third-order valence-corrected chi connectivity index (χ3v) is 2.45. The van der Waals surface area contributed by atoms with Crippen molar-refractivity contribution in [1.29, 1.82) is 0 Å². The van der Waals surface area contributed by atoms with Crippen molar-refractivity contribution in [3.63, 3.8) is 0 Å². The Bertz CT molecular complexity index is 635. The smallest absolute Gasteiger partial charge is 0.377 e. The maximum atomic E-state index is 11.8. The maximum absolute atomic E-state index is 11.8. The van der Waals surface area contributed by atoms with E-state index in [9.17, 15) is 9.59 Å². The van der Waals surface area contributed by atoms with Crippen LogP contribution in [-0.4, -0.2) is 37.0 Å². The van der Waals surface area contributed by atoms with Gasteiger partial charge in [0.25, 0.3) is 5.78 Å². The van der Waals surface area contributed by atoms with Gasteiger partial charge in [-0.2, -0.15) is 4.79 Å². The first kappa shape index (κ1) is 16.4. The predicted octanol–water partition coefficient (Wildman–Crippen LogP) is 1.86. The van der Waals surface area contributed by atoms with E-state index in [1.807, 2.05) is 0 Å². The van der Waals surface area contributed by atoms with Crippen molar-refractivity contribution < 1.29 is 28.6 Å². The quantitative estimate of drug-likeness (QED) is 0.152. The van der Waals surface area contributed by atoms with E-state index >= 15 is 0 Å². The number of carbonyl (C=O) groups excluding carboxylic acids is 2. The average Bonchev–Trinajstić information content (AvgIpc) is 2.47. The molecule has 0 amide bonds. The summed E-state index contributed by atoms with van der Waals surface area (Å²) in [5.74, 6) is -1.69. The molecule has 8 heteroatoms. The van der Waals surface area contributed by atoms with Crippen molar-refractivity contribution in [3.8, 4) is 5.75 Å². The summed E-state index contributed by atoms with van der Waals surface area (Å²) in [4.78, 5) is 25.9. The van der Waals surface area contributed by atoms with Gasteiger partial charge in [0, 0.05) is 5.02 Å². The summed E-state index contributed by atoms with van der Waals surface area (Å²) in [6.07, 6.45) is 1.70. The van der Waals surface area contributed by atoms with Crippen molar-refractivity contribution in [1.82, 2.24) is 0 Å². The molecule has 7 nitrogen and oxygen atoms in total. The molecule has 21 heavy (non-hydrogen) atoms. The van der Waals surface area contributed by atoms with Crippen LogP contribution in [-0.2, 0) is 14.3 Å². The summed E-state index contributed by atoms with van der Waals surface area (Å²) < 4.78 is 14.5. The van der Waals surface area contributed by atoms with Crippen LogP contribution in [0.5, 0.6) is 5.75 Å². The number of Topliss-reactive ketones (excluding diaryl/α,β-unsaturated/α-hetero) is 1. The lowest BCUT2D eigenvalue weighted by Gasteiger charge is -2.10. The molecule has 110 valence electrons. The summed E-state index contributed by atoms with van der Waals surface area (Å²) in [5.41, 5.74) is 8.43. The molecule has 0 saturated heterocycles. The Hall–Kier alpha value is -2.63. The number of hydrogen-bond donors (Lipinski definition) is 0. The Balaban J connectivity index is 3.23. The van der Waals surface area contributed by atoms with E-state index in [4.69, 9.17) is 26.6 Å². The molecule has 0 unspecified atom stereocenters. The van der Waals surface area contributed by atoms with E-state index in [0.717, 1.165) is 6.26 Å². The molecule has 1 aromatic carbocycles. The first-order chi connectivity index (χ1) is 10.0. The van der Waals surface area contributed by atoms with E-state index in [1.165, 1.54) is 32.4 Å². The van der Waals surface area contributed by atoms with Crippen LogP contribution in [0, 0.1) is 0 Å². The zero-order valence-electron chi connectivity index (χ0n) is 11.2. The molecule has 0 fully saturated rings. The number of esters is 1. The maximum Gasteiger partial charge on any atom is 0.377 e. The molecule has 0 aliphatic carbocycles. The largest absolute Gasteiger partial charge is 0.500 e. The van der Waals surface area contributed by atoms with Gasteiger partial charge in [0.1, 0.15) is 12.0 Å². The average molecular weight is 311 g/mol. The third kappa shape index (κ3) is 4.45. The molecule has 0 aliphatic rings. The summed E-state index contributed by atoms with van der Waals surface area (Å²) in [5, 5.41) is 0.271. The topological polar surface area (TPSA) is 98.2 Å². The van der Waals surface area contributed by atoms with Gasteiger partial charge < -0.3 is 19.7 Å². The SMILES string of the molecule is COC=C(Oc1ccc(Cl)cc1C(=O)C=[N+]=[N-])C(=O)OC. The standard InChI is InChI=1S/C13H11ClN2O5/c1-19-7-12(13(18)20-2)21-11-4-3-8(14)5-9(11)10(17)6-16-15/h3-7H,1-2H3. The lowest BCUT2D eigenvalue weighted by Crippen LogP contribution is -2.13. The van der Waals surface area contributed by atoms with Crippen LogP contribution >= 0.6 is 11.6 Å². The van der Waals surface area contributed by atoms with Crippen molar-refractivity contribution in [2.24, 2.45) is 0 Å². The fourth-order valence-electron chi connectivity index (χ4n) is 1.35. The summed E-state index contributed by atoms with van der Waals surface area (Å²) >= 11 is 5.80. The number of halogens is 1. The van der Waals surface area contributed by atoms with Crippen molar-refractivity contribution >= 4 is 29.6 Å². The number of ketones is 1. The molecule has 0 bridgehead atoms. The second-order valence-corrected chi connectivity index (χ2v) is 4.00. The van der Waals surface area contributed by atoms with Gasteiger partial charge >= 0.3 is 12.2 Å². The van der Waals surface area contributed by atoms with Gasteiger partial charge in [0.15, 0.2) is 0 Å². The van der Waals surface area contributed by atoms with E-state index < -0.39 is 11.8 Å². The molecular formula is C13H11ClN2O5. The van der Waals surface area contributed by atoms with E-state index in [-0.39, 0.29) is 22.1 Å². The summed E-state index contributed by atoms with van der Waals surface area (Å²) in [6, 6.07) is 4.15. The van der Waals surface area contributed by atoms with Gasteiger partial charge in [-0.25, -0.2) is 4.79 Å². The molecule has 0 N–H and O–H groups in total. The first-order valence-corrected chi connectivity index (χ1v) is 5.91. The zero-order valence-corrected chi connectivity index (χ0v) is 12.0. The Morgan fingerprint density at radius 2 is 2.05 bits per heavy atom. The molecule has 0 saturated carbocycles. The fourth-order valence-corrected chi connectivity index (χ4v) is 1.52. The summed E-state index contributed by atoms with van der Waals surface area (Å²) in [7, 11) is 2.49. The van der Waals surface area contributed by atoms with Crippen LogP contribution in [0.1, 0.15) is 10.4 Å². The molecule has 1 aromatic rings. The monoisotopic (exact) mass is 310 g/mol. The number of methoxy groups -OCH3 is 2. The molecule has 0 atom stereocenters. The van der Waals surface area contributed by atoms with Crippen LogP contribution in [0.2, 0.25) is 5.02 Å². The highest BCUT2D eigenvalue weighted by Crippen LogP contribution is 2.25. The van der Waals surface area contributed by atoms with Crippen molar-refractivity contribution in [2.75, 3.05) is 14.2 Å². The van der Waals surface area contributed by atoms with Gasteiger partial charge in [-0.05, 0) is 18.2 Å². The Morgan fingerprint density at radius 1 is 1.33 bits per heavy atom. The normalized spacial score (nSPS) is 10.3. The van der Waals surface area contributed by atoms with Crippen LogP contribution < -0.4 is 4.74 Å². The van der Waals surface area contributed by atoms with Crippen LogP contribution in [0.3, 0.4) is 0 Å². The number of ether oxygens (including phenoxy) is 3. The number of nitrogens with zero attached hydrogens (tertiary/aromatic N) is 2. The van der Waals surface area contributed by atoms with Crippen LogP contribution in [0.4, 0.5) is 0 Å². The zero-order chi connectivity index (χ0) is 15.8. The van der Waals surface area contributed by atoms with Crippen LogP contribution in [0.15, 0.2) is 30.2 Å². The Labute approximate surface area is 125 Å². The Kier molecular flexibility index (Phi) is 6.13. The molecule has 0 spiro atoms. The molecule has 0 aromatic heterocycles. The van der Waals surface area contributed by atoms with Gasteiger partial charge in [-0.15, -0.1) is 0 Å². The van der Waals surface area contributed by atoms with Gasteiger partial charge in [-0.3, -0.25) is 4.79 Å². The minimum absolute atomic E-state index is 0.00575. The van der Waals surface area contributed by atoms with E-state index in [0.29, 0.717) is 6.21 Å². The molecule has 0 radical (unpaired) electrons. The lowest BCUT2D eigenvalue weighted by molar-refractivity contribution is -0.138. The van der Waals surface area contributed by atoms with Crippen molar-refractivity contribution in [3.05, 3.63) is 46.3 Å². The highest BCUT2D eigenvalue weighted by atomic mass is 35.5. The molecule has 0 aliphatic heterocycles. The van der Waals surface area contributed by atoms with Crippen molar-refractivity contribution in [2.45, 2.75) is 0 Å². The molecular weight excluding hydrogens is 300 g/mol. The lowest BCUT2D eigenvalue weighted by atomic mass is 10.1. The van der Waals surface area contributed by atoms with Gasteiger partial charge in [0.05, 0.1) is 19.8 Å². The Morgan fingerprint density at radius 3 is 2.62 bits per heavy atom. The highest BCUT2D eigenvalue weighted by Gasteiger charge is 2.19. The van der Waals surface area contributed by atoms with Crippen LogP contribution in [0.25, 0.3) is 5.53 Å². The third-order valence-electron chi connectivity index (χ3n) is 2.21. The van der Waals surface area contributed by atoms with E-state index in [1.54, 1.807) is 0 Å². The number of benzene rings is 1. The highest BCUT2D eigenvalue weighted by molar-refractivity contribution is 6.36. The number of hydrogen-bond acceptors (Lipinski definition) is 5. The predicted molar refractivity (Wildman–Crippen MR) is 73.2 cm³/mol.